The van der Waals surface area contributed by atoms with Crippen LogP contribution < -0.4 is 10.6 Å². The molecule has 2 amide bonds. The fourth-order valence-electron chi connectivity index (χ4n) is 3.38. The van der Waals surface area contributed by atoms with Crippen molar-refractivity contribution in [3.63, 3.8) is 0 Å². The summed E-state index contributed by atoms with van der Waals surface area (Å²) in [7, 11) is 1.87. The number of nitrogens with one attached hydrogen (secondary N) is 2. The first-order valence-corrected chi connectivity index (χ1v) is 8.54. The number of rotatable bonds is 3. The number of amides is 2. The summed E-state index contributed by atoms with van der Waals surface area (Å²) >= 11 is 0. The Hall–Kier alpha value is -3.16. The third-order valence-corrected chi connectivity index (χ3v) is 4.78. The van der Waals surface area contributed by atoms with E-state index in [1.54, 1.807) is 16.9 Å². The van der Waals surface area contributed by atoms with E-state index in [9.17, 15) is 9.59 Å². The van der Waals surface area contributed by atoms with E-state index in [-0.39, 0.29) is 23.9 Å². The van der Waals surface area contributed by atoms with Crippen LogP contribution in [0.2, 0.25) is 0 Å². The summed E-state index contributed by atoms with van der Waals surface area (Å²) in [6, 6.07) is 3.28. The minimum Gasteiger partial charge on any atom is -0.347 e. The Morgan fingerprint density at radius 3 is 3.00 bits per heavy atom. The second-order valence-corrected chi connectivity index (χ2v) is 6.65. The van der Waals surface area contributed by atoms with Gasteiger partial charge in [-0.1, -0.05) is 0 Å². The molecule has 2 atom stereocenters. The van der Waals surface area contributed by atoms with Crippen LogP contribution in [0.15, 0.2) is 36.9 Å². The van der Waals surface area contributed by atoms with Crippen molar-refractivity contribution in [2.24, 2.45) is 7.05 Å². The lowest BCUT2D eigenvalue weighted by Gasteiger charge is -2.32. The Bertz CT molecular complexity index is 989. The number of pyridine rings is 1. The summed E-state index contributed by atoms with van der Waals surface area (Å²) in [4.78, 5) is 29.1. The number of carbonyl (C=O) groups excluding carboxylic acids is 2. The zero-order valence-corrected chi connectivity index (χ0v) is 14.6. The molecule has 2 N–H and O–H groups in total. The molecular formula is C18H20N6O2. The molecule has 1 saturated heterocycles. The van der Waals surface area contributed by atoms with E-state index in [0.29, 0.717) is 18.4 Å². The highest BCUT2D eigenvalue weighted by Crippen LogP contribution is 2.23. The second-order valence-electron chi connectivity index (χ2n) is 6.65. The molecular weight excluding hydrogens is 332 g/mol. The minimum atomic E-state index is -0.358. The topological polar surface area (TPSA) is 93.3 Å². The van der Waals surface area contributed by atoms with E-state index in [0.717, 1.165) is 16.9 Å². The largest absolute Gasteiger partial charge is 0.347 e. The average Bonchev–Trinajstić information content (AvgIpc) is 3.22. The normalized spacial score (nSPS) is 20.2. The fourth-order valence-corrected chi connectivity index (χ4v) is 3.38. The molecule has 8 heteroatoms. The van der Waals surface area contributed by atoms with Crippen LogP contribution in [0.3, 0.4) is 0 Å². The SMILES string of the molecule is Cc1ccn2ncc(C(=O)N[C@@H]3CCC(=O)N[C@H]3c3nccn3C)c2c1. The number of hydrogen-bond donors (Lipinski definition) is 2. The van der Waals surface area contributed by atoms with Gasteiger partial charge in [-0.05, 0) is 31.0 Å². The lowest BCUT2D eigenvalue weighted by atomic mass is 9.96. The van der Waals surface area contributed by atoms with E-state index in [1.807, 2.05) is 43.1 Å². The molecule has 1 fully saturated rings. The fraction of sp³-hybridized carbons (Fsp3) is 0.333. The summed E-state index contributed by atoms with van der Waals surface area (Å²) in [6.07, 6.45) is 7.85. The van der Waals surface area contributed by atoms with Gasteiger partial charge in [0.05, 0.1) is 23.3 Å². The van der Waals surface area contributed by atoms with E-state index < -0.39 is 0 Å². The van der Waals surface area contributed by atoms with Gasteiger partial charge in [0.2, 0.25) is 5.91 Å². The lowest BCUT2D eigenvalue weighted by molar-refractivity contribution is -0.124. The highest BCUT2D eigenvalue weighted by Gasteiger charge is 2.34. The van der Waals surface area contributed by atoms with Gasteiger partial charge in [-0.3, -0.25) is 9.59 Å². The van der Waals surface area contributed by atoms with Crippen molar-refractivity contribution < 1.29 is 9.59 Å². The zero-order valence-electron chi connectivity index (χ0n) is 14.6. The Morgan fingerprint density at radius 2 is 2.23 bits per heavy atom. The van der Waals surface area contributed by atoms with Gasteiger partial charge < -0.3 is 15.2 Å². The first-order chi connectivity index (χ1) is 12.5. The van der Waals surface area contributed by atoms with Gasteiger partial charge in [0.1, 0.15) is 11.9 Å². The van der Waals surface area contributed by atoms with Crippen LogP contribution in [0.5, 0.6) is 0 Å². The molecule has 26 heavy (non-hydrogen) atoms. The van der Waals surface area contributed by atoms with Crippen molar-refractivity contribution in [3.8, 4) is 0 Å². The van der Waals surface area contributed by atoms with Crippen molar-refractivity contribution in [3.05, 3.63) is 53.9 Å². The molecule has 8 nitrogen and oxygen atoms in total. The Kier molecular flexibility index (Phi) is 3.95. The summed E-state index contributed by atoms with van der Waals surface area (Å²) in [5.41, 5.74) is 2.34. The van der Waals surface area contributed by atoms with E-state index in [2.05, 4.69) is 20.7 Å². The maximum Gasteiger partial charge on any atom is 0.255 e. The summed E-state index contributed by atoms with van der Waals surface area (Å²) in [6.45, 7) is 1.97. The van der Waals surface area contributed by atoms with E-state index in [1.165, 1.54) is 0 Å². The molecule has 3 aromatic heterocycles. The van der Waals surface area contributed by atoms with Gasteiger partial charge in [-0.25, -0.2) is 9.50 Å². The van der Waals surface area contributed by atoms with Crippen LogP contribution in [0.4, 0.5) is 0 Å². The number of imidazole rings is 1. The first-order valence-electron chi connectivity index (χ1n) is 8.54. The molecule has 134 valence electrons. The maximum atomic E-state index is 12.9. The molecule has 4 heterocycles. The summed E-state index contributed by atoms with van der Waals surface area (Å²) in [5.74, 6) is 0.486. The van der Waals surface area contributed by atoms with Crippen molar-refractivity contribution in [1.82, 2.24) is 29.8 Å². The molecule has 1 aliphatic heterocycles. The third-order valence-electron chi connectivity index (χ3n) is 4.78. The molecule has 0 aromatic carbocycles. The molecule has 0 radical (unpaired) electrons. The monoisotopic (exact) mass is 352 g/mol. The second kappa shape index (κ2) is 6.29. The predicted octanol–water partition coefficient (Wildman–Crippen LogP) is 1.13. The highest BCUT2D eigenvalue weighted by atomic mass is 16.2. The Morgan fingerprint density at radius 1 is 1.38 bits per heavy atom. The van der Waals surface area contributed by atoms with Crippen molar-refractivity contribution >= 4 is 17.3 Å². The van der Waals surface area contributed by atoms with Crippen molar-refractivity contribution in [2.75, 3.05) is 0 Å². The zero-order chi connectivity index (χ0) is 18.3. The van der Waals surface area contributed by atoms with Gasteiger partial charge in [0, 0.05) is 32.1 Å². The van der Waals surface area contributed by atoms with Gasteiger partial charge in [0.25, 0.3) is 5.91 Å². The van der Waals surface area contributed by atoms with E-state index >= 15 is 0 Å². The number of piperidine rings is 1. The van der Waals surface area contributed by atoms with Crippen LogP contribution in [0.25, 0.3) is 5.52 Å². The van der Waals surface area contributed by atoms with Crippen LogP contribution in [-0.4, -0.2) is 37.0 Å². The van der Waals surface area contributed by atoms with Gasteiger partial charge in [0.15, 0.2) is 0 Å². The molecule has 0 unspecified atom stereocenters. The number of hydrogen-bond acceptors (Lipinski definition) is 4. The number of nitrogens with zero attached hydrogens (tertiary/aromatic N) is 4. The maximum absolute atomic E-state index is 12.9. The van der Waals surface area contributed by atoms with Gasteiger partial charge in [-0.15, -0.1) is 0 Å². The first kappa shape index (κ1) is 16.3. The molecule has 0 spiro atoms. The standard InChI is InChI=1S/C18H20N6O2/c1-11-5-7-24-14(9-11)12(10-20-24)18(26)21-13-3-4-15(25)22-16(13)17-19-6-8-23(17)2/h5-10,13,16H,3-4H2,1-2H3,(H,21,26)(H,22,25)/t13-,16-/m1/s1. The minimum absolute atomic E-state index is 0.0323. The van der Waals surface area contributed by atoms with E-state index in [4.69, 9.17) is 0 Å². The van der Waals surface area contributed by atoms with Crippen LogP contribution >= 0.6 is 0 Å². The van der Waals surface area contributed by atoms with Gasteiger partial charge in [-0.2, -0.15) is 5.10 Å². The molecule has 0 aliphatic carbocycles. The Labute approximate surface area is 150 Å². The molecule has 0 saturated carbocycles. The van der Waals surface area contributed by atoms with Crippen LogP contribution in [0, 0.1) is 6.92 Å². The van der Waals surface area contributed by atoms with Crippen molar-refractivity contribution in [1.29, 1.82) is 0 Å². The molecule has 1 aliphatic rings. The Balaban J connectivity index is 1.61. The third kappa shape index (κ3) is 2.83. The van der Waals surface area contributed by atoms with Crippen LogP contribution in [0.1, 0.15) is 40.6 Å². The molecule has 0 bridgehead atoms. The smallest absolute Gasteiger partial charge is 0.255 e. The van der Waals surface area contributed by atoms with Gasteiger partial charge >= 0.3 is 0 Å². The number of fused-ring (bicyclic) bond motifs is 1. The summed E-state index contributed by atoms with van der Waals surface area (Å²) < 4.78 is 3.54. The number of carbonyl (C=O) groups is 2. The number of aromatic nitrogens is 4. The predicted molar refractivity (Wildman–Crippen MR) is 94.5 cm³/mol. The van der Waals surface area contributed by atoms with Crippen molar-refractivity contribution in [2.45, 2.75) is 31.8 Å². The molecule has 4 rings (SSSR count). The number of aryl methyl sites for hydroxylation is 2. The van der Waals surface area contributed by atoms with Crippen LogP contribution in [-0.2, 0) is 11.8 Å². The average molecular weight is 352 g/mol. The molecule has 3 aromatic rings. The highest BCUT2D eigenvalue weighted by molar-refractivity contribution is 6.01. The summed E-state index contributed by atoms with van der Waals surface area (Å²) in [5, 5.41) is 10.2. The lowest BCUT2D eigenvalue weighted by Crippen LogP contribution is -2.50. The quantitative estimate of drug-likeness (QED) is 0.739.